The van der Waals surface area contributed by atoms with Crippen LogP contribution < -0.4 is 10.5 Å². The van der Waals surface area contributed by atoms with Gasteiger partial charge in [-0.3, -0.25) is 0 Å². The van der Waals surface area contributed by atoms with Crippen LogP contribution in [-0.4, -0.2) is 21.5 Å². The first kappa shape index (κ1) is 15.7. The number of hydrogen-bond acceptors (Lipinski definition) is 3. The lowest BCUT2D eigenvalue weighted by Gasteiger charge is -2.11. The fourth-order valence-electron chi connectivity index (χ4n) is 1.42. The normalized spacial score (nSPS) is 12.6. The van der Waals surface area contributed by atoms with E-state index in [4.69, 9.17) is 5.73 Å². The highest BCUT2D eigenvalue weighted by Gasteiger charge is 2.17. The lowest BCUT2D eigenvalue weighted by atomic mass is 10.1. The van der Waals surface area contributed by atoms with Gasteiger partial charge in [0.15, 0.2) is 0 Å². The van der Waals surface area contributed by atoms with Crippen LogP contribution >= 0.6 is 0 Å². The maximum Gasteiger partial charge on any atom is 0.241 e. The van der Waals surface area contributed by atoms with E-state index in [0.29, 0.717) is 18.0 Å². The van der Waals surface area contributed by atoms with Crippen molar-refractivity contribution in [1.82, 2.24) is 4.72 Å². The molecule has 0 amide bonds. The third-order valence-electron chi connectivity index (χ3n) is 2.82. The van der Waals surface area contributed by atoms with E-state index in [2.05, 4.69) is 16.6 Å². The molecule has 1 aromatic rings. The first-order valence-electron chi connectivity index (χ1n) is 6.29. The Labute approximate surface area is 115 Å². The number of hydrogen-bond donors (Lipinski definition) is 2. The quantitative estimate of drug-likeness (QED) is 0.799. The average molecular weight is 280 g/mol. The van der Waals surface area contributed by atoms with E-state index in [1.165, 1.54) is 0 Å². The van der Waals surface area contributed by atoms with Gasteiger partial charge >= 0.3 is 0 Å². The molecule has 0 aliphatic rings. The monoisotopic (exact) mass is 280 g/mol. The van der Waals surface area contributed by atoms with Crippen LogP contribution in [0.25, 0.3) is 0 Å². The zero-order valence-corrected chi connectivity index (χ0v) is 12.1. The van der Waals surface area contributed by atoms with E-state index in [-0.39, 0.29) is 11.4 Å². The fourth-order valence-corrected chi connectivity index (χ4v) is 2.75. The van der Waals surface area contributed by atoms with Crippen LogP contribution in [0.5, 0.6) is 0 Å². The number of sulfonamides is 1. The van der Waals surface area contributed by atoms with Crippen molar-refractivity contribution >= 4 is 10.0 Å². The molecule has 0 aromatic heterocycles. The summed E-state index contributed by atoms with van der Waals surface area (Å²) < 4.78 is 27.1. The molecule has 0 saturated carbocycles. The molecular weight excluding hydrogens is 260 g/mol. The molecule has 1 aromatic carbocycles. The third-order valence-corrected chi connectivity index (χ3v) is 4.30. The minimum atomic E-state index is -3.52. The lowest BCUT2D eigenvalue weighted by molar-refractivity contribution is 0.528. The number of nitrogens with one attached hydrogen (secondary N) is 1. The smallest absolute Gasteiger partial charge is 0.241 e. The molecule has 104 valence electrons. The second-order valence-electron chi connectivity index (χ2n) is 4.37. The standard InChI is InChI=1S/C14H20N2O2S/c1-3-12(2)11-16-19(17,18)14-9-5-4-7-13(14)8-6-10-15/h4-5,7,9,12,16H,3,10-11,15H2,1-2H3. The van der Waals surface area contributed by atoms with E-state index in [1.54, 1.807) is 24.3 Å². The highest BCUT2D eigenvalue weighted by molar-refractivity contribution is 7.89. The van der Waals surface area contributed by atoms with Gasteiger partial charge in [0.1, 0.15) is 0 Å². The van der Waals surface area contributed by atoms with Gasteiger partial charge in [-0.05, 0) is 18.1 Å². The summed E-state index contributed by atoms with van der Waals surface area (Å²) in [4.78, 5) is 0.208. The van der Waals surface area contributed by atoms with Crippen LogP contribution in [0, 0.1) is 17.8 Å². The summed E-state index contributed by atoms with van der Waals surface area (Å²) in [7, 11) is -3.52. The number of benzene rings is 1. The van der Waals surface area contributed by atoms with Crippen molar-refractivity contribution < 1.29 is 8.42 Å². The lowest BCUT2D eigenvalue weighted by Crippen LogP contribution is -2.28. The molecule has 4 nitrogen and oxygen atoms in total. The minimum Gasteiger partial charge on any atom is -0.320 e. The van der Waals surface area contributed by atoms with E-state index < -0.39 is 10.0 Å². The van der Waals surface area contributed by atoms with Crippen LogP contribution in [0.3, 0.4) is 0 Å². The van der Waals surface area contributed by atoms with Crippen LogP contribution in [-0.2, 0) is 10.0 Å². The van der Waals surface area contributed by atoms with E-state index in [9.17, 15) is 8.42 Å². The molecule has 0 spiro atoms. The Balaban J connectivity index is 3.01. The first-order valence-corrected chi connectivity index (χ1v) is 7.77. The molecule has 0 heterocycles. The third kappa shape index (κ3) is 4.67. The molecular formula is C14H20N2O2S. The summed E-state index contributed by atoms with van der Waals surface area (Å²) >= 11 is 0. The second kappa shape index (κ2) is 7.29. The summed E-state index contributed by atoms with van der Waals surface area (Å²) in [5.74, 6) is 5.77. The molecule has 1 rings (SSSR count). The number of nitrogens with two attached hydrogens (primary N) is 1. The zero-order valence-electron chi connectivity index (χ0n) is 11.3. The Morgan fingerprint density at radius 3 is 2.68 bits per heavy atom. The topological polar surface area (TPSA) is 72.2 Å². The molecule has 0 radical (unpaired) electrons. The van der Waals surface area contributed by atoms with Crippen molar-refractivity contribution in [3.05, 3.63) is 29.8 Å². The van der Waals surface area contributed by atoms with Gasteiger partial charge in [-0.1, -0.05) is 44.2 Å². The van der Waals surface area contributed by atoms with Crippen LogP contribution in [0.4, 0.5) is 0 Å². The Bertz CT molecular complexity index is 571. The molecule has 0 aliphatic carbocycles. The van der Waals surface area contributed by atoms with Crippen molar-refractivity contribution in [3.8, 4) is 11.8 Å². The average Bonchev–Trinajstić information content (AvgIpc) is 2.42. The van der Waals surface area contributed by atoms with Crippen LogP contribution in [0.2, 0.25) is 0 Å². The molecule has 1 unspecified atom stereocenters. The Morgan fingerprint density at radius 2 is 2.05 bits per heavy atom. The van der Waals surface area contributed by atoms with E-state index in [1.807, 2.05) is 13.8 Å². The second-order valence-corrected chi connectivity index (χ2v) is 6.10. The summed E-state index contributed by atoms with van der Waals surface area (Å²) in [6.45, 7) is 4.66. The summed E-state index contributed by atoms with van der Waals surface area (Å²) in [6.07, 6.45) is 0.928. The van der Waals surface area contributed by atoms with Crippen molar-refractivity contribution in [3.63, 3.8) is 0 Å². The van der Waals surface area contributed by atoms with Crippen molar-refractivity contribution in [1.29, 1.82) is 0 Å². The van der Waals surface area contributed by atoms with Gasteiger partial charge in [0, 0.05) is 12.1 Å². The van der Waals surface area contributed by atoms with E-state index >= 15 is 0 Å². The van der Waals surface area contributed by atoms with Gasteiger partial charge in [0.05, 0.1) is 11.4 Å². The van der Waals surface area contributed by atoms with Gasteiger partial charge in [-0.2, -0.15) is 0 Å². The van der Waals surface area contributed by atoms with Crippen molar-refractivity contribution in [2.75, 3.05) is 13.1 Å². The SMILES string of the molecule is CCC(C)CNS(=O)(=O)c1ccccc1C#CCN. The van der Waals surface area contributed by atoms with Gasteiger partial charge in [0.25, 0.3) is 0 Å². The highest BCUT2D eigenvalue weighted by Crippen LogP contribution is 2.14. The Kier molecular flexibility index (Phi) is 6.03. The molecule has 3 N–H and O–H groups in total. The predicted octanol–water partition coefficient (Wildman–Crippen LogP) is 1.32. The molecule has 0 saturated heterocycles. The summed E-state index contributed by atoms with van der Waals surface area (Å²) in [6, 6.07) is 6.68. The first-order chi connectivity index (χ1) is 9.01. The van der Waals surface area contributed by atoms with Gasteiger partial charge in [-0.15, -0.1) is 0 Å². The molecule has 0 bridgehead atoms. The molecule has 1 atom stereocenters. The molecule has 0 aliphatic heterocycles. The number of rotatable bonds is 5. The van der Waals surface area contributed by atoms with Crippen LogP contribution in [0.15, 0.2) is 29.2 Å². The summed E-state index contributed by atoms with van der Waals surface area (Å²) in [5, 5.41) is 0. The van der Waals surface area contributed by atoms with Gasteiger partial charge in [0.2, 0.25) is 10.0 Å². The minimum absolute atomic E-state index is 0.203. The maximum absolute atomic E-state index is 12.2. The largest absolute Gasteiger partial charge is 0.320 e. The fraction of sp³-hybridized carbons (Fsp3) is 0.429. The summed E-state index contributed by atoms with van der Waals surface area (Å²) in [5.41, 5.74) is 5.79. The predicted molar refractivity (Wildman–Crippen MR) is 77.0 cm³/mol. The van der Waals surface area contributed by atoms with E-state index in [0.717, 1.165) is 6.42 Å². The van der Waals surface area contributed by atoms with Crippen LogP contribution in [0.1, 0.15) is 25.8 Å². The highest BCUT2D eigenvalue weighted by atomic mass is 32.2. The van der Waals surface area contributed by atoms with Gasteiger partial charge < -0.3 is 5.73 Å². The zero-order chi connectivity index (χ0) is 14.3. The Morgan fingerprint density at radius 1 is 1.37 bits per heavy atom. The maximum atomic E-state index is 12.2. The molecule has 19 heavy (non-hydrogen) atoms. The molecule has 5 heteroatoms. The van der Waals surface area contributed by atoms with Gasteiger partial charge in [-0.25, -0.2) is 13.1 Å². The Hall–Kier alpha value is -1.35. The van der Waals surface area contributed by atoms with Crippen molar-refractivity contribution in [2.45, 2.75) is 25.2 Å². The molecule has 0 fully saturated rings. The van der Waals surface area contributed by atoms with Crippen molar-refractivity contribution in [2.24, 2.45) is 11.7 Å².